The quantitative estimate of drug-likeness (QED) is 0.717. The van der Waals surface area contributed by atoms with Crippen molar-refractivity contribution in [2.45, 2.75) is 6.54 Å². The Kier molecular flexibility index (Phi) is 2.68. The zero-order chi connectivity index (χ0) is 9.14. The predicted molar refractivity (Wildman–Crippen MR) is 47.9 cm³/mol. The molecule has 0 heterocycles. The monoisotopic (exact) mass is 184 g/mol. The van der Waals surface area contributed by atoms with Crippen molar-refractivity contribution in [3.63, 3.8) is 0 Å². The second-order valence-electron chi connectivity index (χ2n) is 2.38. The van der Waals surface area contributed by atoms with Gasteiger partial charge in [0.05, 0.1) is 10.6 Å². The Hall–Kier alpha value is -1.06. The van der Waals surface area contributed by atoms with Gasteiger partial charge in [0.15, 0.2) is 0 Å². The van der Waals surface area contributed by atoms with Crippen LogP contribution in [-0.4, -0.2) is 5.91 Å². The first-order chi connectivity index (χ1) is 5.65. The maximum atomic E-state index is 10.8. The number of primary amides is 1. The molecule has 0 aliphatic carbocycles. The van der Waals surface area contributed by atoms with Crippen LogP contribution in [0.1, 0.15) is 15.9 Å². The van der Waals surface area contributed by atoms with E-state index in [4.69, 9.17) is 23.1 Å². The van der Waals surface area contributed by atoms with E-state index in [1.165, 1.54) is 0 Å². The van der Waals surface area contributed by atoms with Crippen LogP contribution in [-0.2, 0) is 6.54 Å². The molecule has 0 atom stereocenters. The van der Waals surface area contributed by atoms with Crippen molar-refractivity contribution in [3.8, 4) is 0 Å². The summed E-state index contributed by atoms with van der Waals surface area (Å²) in [5, 5.41) is 0.361. The second-order valence-corrected chi connectivity index (χ2v) is 2.79. The number of benzene rings is 1. The van der Waals surface area contributed by atoms with Crippen LogP contribution in [0.4, 0.5) is 0 Å². The van der Waals surface area contributed by atoms with Crippen molar-refractivity contribution >= 4 is 17.5 Å². The van der Waals surface area contributed by atoms with E-state index >= 15 is 0 Å². The van der Waals surface area contributed by atoms with Crippen LogP contribution in [0.25, 0.3) is 0 Å². The molecule has 1 aromatic rings. The fourth-order valence-electron chi connectivity index (χ4n) is 0.888. The largest absolute Gasteiger partial charge is 0.366 e. The number of nitrogens with two attached hydrogens (primary N) is 2. The zero-order valence-corrected chi connectivity index (χ0v) is 7.14. The molecule has 0 saturated heterocycles. The number of hydrogen-bond acceptors (Lipinski definition) is 2. The molecule has 1 rings (SSSR count). The highest BCUT2D eigenvalue weighted by atomic mass is 35.5. The number of hydrogen-bond donors (Lipinski definition) is 2. The van der Waals surface area contributed by atoms with E-state index in [9.17, 15) is 4.79 Å². The molecule has 4 N–H and O–H groups in total. The molecular formula is C8H9ClN2O. The van der Waals surface area contributed by atoms with Crippen LogP contribution < -0.4 is 11.5 Å². The average molecular weight is 185 g/mol. The lowest BCUT2D eigenvalue weighted by molar-refractivity contribution is 0.100. The number of carbonyl (C=O) groups excluding carboxylic acids is 1. The van der Waals surface area contributed by atoms with Gasteiger partial charge in [-0.15, -0.1) is 0 Å². The third kappa shape index (κ3) is 1.75. The van der Waals surface area contributed by atoms with Crippen molar-refractivity contribution in [1.29, 1.82) is 0 Å². The van der Waals surface area contributed by atoms with Gasteiger partial charge in [0, 0.05) is 6.54 Å². The molecule has 12 heavy (non-hydrogen) atoms. The number of amides is 1. The molecule has 0 aliphatic heterocycles. The standard InChI is InChI=1S/C8H9ClN2O/c9-7-2-1-5(4-10)3-6(7)8(11)12/h1-3H,4,10H2,(H2,11,12). The molecule has 0 aliphatic rings. The van der Waals surface area contributed by atoms with Crippen LogP contribution in [0.2, 0.25) is 5.02 Å². The molecule has 0 fully saturated rings. The van der Waals surface area contributed by atoms with Crippen LogP contribution in [0.5, 0.6) is 0 Å². The normalized spacial score (nSPS) is 9.83. The minimum atomic E-state index is -0.532. The Morgan fingerprint density at radius 1 is 1.50 bits per heavy atom. The van der Waals surface area contributed by atoms with Gasteiger partial charge in [0.25, 0.3) is 0 Å². The highest BCUT2D eigenvalue weighted by Crippen LogP contribution is 2.16. The smallest absolute Gasteiger partial charge is 0.250 e. The Bertz CT molecular complexity index is 312. The van der Waals surface area contributed by atoms with Gasteiger partial charge in [-0.3, -0.25) is 4.79 Å². The van der Waals surface area contributed by atoms with E-state index in [0.29, 0.717) is 17.1 Å². The van der Waals surface area contributed by atoms with Gasteiger partial charge in [-0.1, -0.05) is 17.7 Å². The van der Waals surface area contributed by atoms with Gasteiger partial charge in [-0.2, -0.15) is 0 Å². The summed E-state index contributed by atoms with van der Waals surface area (Å²) in [7, 11) is 0. The van der Waals surface area contributed by atoms with Gasteiger partial charge in [0.2, 0.25) is 5.91 Å². The van der Waals surface area contributed by atoms with E-state index < -0.39 is 5.91 Å². The Balaban J connectivity index is 3.17. The summed E-state index contributed by atoms with van der Waals surface area (Å²) in [6.45, 7) is 0.372. The molecule has 4 heteroatoms. The summed E-state index contributed by atoms with van der Waals surface area (Å²) in [6.07, 6.45) is 0. The SMILES string of the molecule is NCc1ccc(Cl)c(C(N)=O)c1. The van der Waals surface area contributed by atoms with Gasteiger partial charge in [-0.25, -0.2) is 0 Å². The Morgan fingerprint density at radius 2 is 2.17 bits per heavy atom. The molecule has 0 radical (unpaired) electrons. The number of rotatable bonds is 2. The Morgan fingerprint density at radius 3 is 2.67 bits per heavy atom. The fraction of sp³-hybridized carbons (Fsp3) is 0.125. The maximum Gasteiger partial charge on any atom is 0.250 e. The first-order valence-corrected chi connectivity index (χ1v) is 3.81. The van der Waals surface area contributed by atoms with Gasteiger partial charge < -0.3 is 11.5 Å². The zero-order valence-electron chi connectivity index (χ0n) is 6.38. The van der Waals surface area contributed by atoms with E-state index in [-0.39, 0.29) is 0 Å². The molecule has 0 aromatic heterocycles. The van der Waals surface area contributed by atoms with Crippen molar-refractivity contribution in [1.82, 2.24) is 0 Å². The summed E-state index contributed by atoms with van der Waals surface area (Å²) in [6, 6.07) is 4.98. The summed E-state index contributed by atoms with van der Waals surface area (Å²) < 4.78 is 0. The first kappa shape index (κ1) is 9.03. The third-order valence-corrected chi connectivity index (χ3v) is 1.86. The summed E-state index contributed by atoms with van der Waals surface area (Å²) >= 11 is 5.71. The first-order valence-electron chi connectivity index (χ1n) is 3.43. The molecular weight excluding hydrogens is 176 g/mol. The molecule has 64 valence electrons. The fourth-order valence-corrected chi connectivity index (χ4v) is 1.10. The minimum absolute atomic E-state index is 0.319. The molecule has 0 unspecified atom stereocenters. The lowest BCUT2D eigenvalue weighted by Crippen LogP contribution is -2.12. The summed E-state index contributed by atoms with van der Waals surface area (Å²) in [5.41, 5.74) is 11.6. The second kappa shape index (κ2) is 3.56. The van der Waals surface area contributed by atoms with Crippen LogP contribution in [0, 0.1) is 0 Å². The lowest BCUT2D eigenvalue weighted by Gasteiger charge is -2.01. The predicted octanol–water partition coefficient (Wildman–Crippen LogP) is 0.898. The van der Waals surface area contributed by atoms with Gasteiger partial charge >= 0.3 is 0 Å². The van der Waals surface area contributed by atoms with Crippen LogP contribution in [0.3, 0.4) is 0 Å². The van der Waals surface area contributed by atoms with E-state index in [1.807, 2.05) is 0 Å². The number of halogens is 1. The van der Waals surface area contributed by atoms with E-state index in [2.05, 4.69) is 0 Å². The lowest BCUT2D eigenvalue weighted by atomic mass is 10.1. The molecule has 0 spiro atoms. The molecule has 0 saturated carbocycles. The molecule has 3 nitrogen and oxygen atoms in total. The molecule has 1 aromatic carbocycles. The highest BCUT2D eigenvalue weighted by molar-refractivity contribution is 6.33. The average Bonchev–Trinajstić information content (AvgIpc) is 2.05. The van der Waals surface area contributed by atoms with Crippen molar-refractivity contribution in [2.75, 3.05) is 0 Å². The van der Waals surface area contributed by atoms with Gasteiger partial charge in [-0.05, 0) is 17.7 Å². The highest BCUT2D eigenvalue weighted by Gasteiger charge is 2.06. The van der Waals surface area contributed by atoms with Crippen molar-refractivity contribution in [2.24, 2.45) is 11.5 Å². The topological polar surface area (TPSA) is 69.1 Å². The van der Waals surface area contributed by atoms with E-state index in [0.717, 1.165) is 5.56 Å². The number of carbonyl (C=O) groups is 1. The van der Waals surface area contributed by atoms with Crippen LogP contribution >= 0.6 is 11.6 Å². The van der Waals surface area contributed by atoms with Gasteiger partial charge in [0.1, 0.15) is 0 Å². The van der Waals surface area contributed by atoms with Crippen molar-refractivity contribution < 1.29 is 4.79 Å². The molecule has 1 amide bonds. The third-order valence-electron chi connectivity index (χ3n) is 1.53. The maximum absolute atomic E-state index is 10.8. The summed E-state index contributed by atoms with van der Waals surface area (Å²) in [4.78, 5) is 10.8. The Labute approximate surface area is 75.3 Å². The van der Waals surface area contributed by atoms with E-state index in [1.54, 1.807) is 18.2 Å². The summed E-state index contributed by atoms with van der Waals surface area (Å²) in [5.74, 6) is -0.532. The van der Waals surface area contributed by atoms with Crippen LogP contribution in [0.15, 0.2) is 18.2 Å². The minimum Gasteiger partial charge on any atom is -0.366 e. The molecule has 0 bridgehead atoms. The van der Waals surface area contributed by atoms with Crippen molar-refractivity contribution in [3.05, 3.63) is 34.3 Å².